The second-order valence-electron chi connectivity index (χ2n) is 3.25. The van der Waals surface area contributed by atoms with Crippen LogP contribution in [0.3, 0.4) is 0 Å². The molecule has 0 aliphatic rings. The molecule has 0 rings (SSSR count). The average molecular weight is 174 g/mol. The van der Waals surface area contributed by atoms with E-state index >= 15 is 0 Å². The highest BCUT2D eigenvalue weighted by Gasteiger charge is 2.17. The molecule has 2 atom stereocenters. The first-order valence-electron chi connectivity index (χ1n) is 4.13. The van der Waals surface area contributed by atoms with Gasteiger partial charge in [-0.15, -0.1) is 0 Å². The van der Waals surface area contributed by atoms with E-state index in [1.54, 1.807) is 0 Å². The van der Waals surface area contributed by atoms with E-state index < -0.39 is 12.2 Å². The van der Waals surface area contributed by atoms with Crippen molar-refractivity contribution >= 4 is 5.71 Å². The molecule has 0 aromatic heterocycles. The van der Waals surface area contributed by atoms with Gasteiger partial charge in [-0.2, -0.15) is 0 Å². The van der Waals surface area contributed by atoms with E-state index in [2.05, 4.69) is 0 Å². The Balaban J connectivity index is 3.86. The summed E-state index contributed by atoms with van der Waals surface area (Å²) in [5.41, 5.74) is 5.42. The largest absolute Gasteiger partial charge is 0.392 e. The predicted octanol–water partition coefficient (Wildman–Crippen LogP) is -0.267. The van der Waals surface area contributed by atoms with Gasteiger partial charge in [-0.05, 0) is 5.92 Å². The van der Waals surface area contributed by atoms with E-state index in [-0.39, 0.29) is 24.6 Å². The lowest BCUT2D eigenvalue weighted by molar-refractivity contribution is 0.115. The normalized spacial score (nSPS) is 16.2. The molecule has 0 spiro atoms. The van der Waals surface area contributed by atoms with Crippen molar-refractivity contribution < 1.29 is 10.2 Å². The monoisotopic (exact) mass is 174 g/mol. The molecule has 0 amide bonds. The molecule has 0 saturated carbocycles. The molecular weight excluding hydrogens is 156 g/mol. The molecule has 0 radical (unpaired) electrons. The number of nitrogens with one attached hydrogen (secondary N) is 1. The summed E-state index contributed by atoms with van der Waals surface area (Å²) >= 11 is 0. The quantitative estimate of drug-likeness (QED) is 0.432. The van der Waals surface area contributed by atoms with Crippen molar-refractivity contribution in [2.24, 2.45) is 11.7 Å². The van der Waals surface area contributed by atoms with E-state index in [1.807, 2.05) is 13.8 Å². The summed E-state index contributed by atoms with van der Waals surface area (Å²) in [7, 11) is 0. The molecule has 5 N–H and O–H groups in total. The number of aliphatic hydroxyl groups excluding tert-OH is 2. The Morgan fingerprint density at radius 2 is 1.92 bits per heavy atom. The molecule has 0 bridgehead atoms. The van der Waals surface area contributed by atoms with Crippen molar-refractivity contribution in [3.63, 3.8) is 0 Å². The van der Waals surface area contributed by atoms with Crippen molar-refractivity contribution in [3.8, 4) is 0 Å². The van der Waals surface area contributed by atoms with E-state index in [0.717, 1.165) is 0 Å². The molecule has 72 valence electrons. The van der Waals surface area contributed by atoms with Crippen LogP contribution in [0.15, 0.2) is 0 Å². The lowest BCUT2D eigenvalue weighted by Crippen LogP contribution is -2.32. The SMILES string of the molecule is CC(C)C(=N)[C@@H](O)CC(O)CN. The molecule has 0 aromatic rings. The van der Waals surface area contributed by atoms with Gasteiger partial charge in [0.25, 0.3) is 0 Å². The minimum Gasteiger partial charge on any atom is -0.392 e. The zero-order chi connectivity index (χ0) is 9.72. The Kier molecular flexibility index (Phi) is 5.04. The van der Waals surface area contributed by atoms with Crippen LogP contribution in [0.1, 0.15) is 20.3 Å². The molecule has 0 aliphatic heterocycles. The molecule has 0 aliphatic carbocycles. The standard InChI is InChI=1S/C8H18N2O2/c1-5(2)8(10)7(12)3-6(11)4-9/h5-7,10-12H,3-4,9H2,1-2H3/t6?,7-/m0/s1. The lowest BCUT2D eigenvalue weighted by atomic mass is 9.99. The minimum absolute atomic E-state index is 0.0185. The maximum Gasteiger partial charge on any atom is 0.0941 e. The van der Waals surface area contributed by atoms with Crippen LogP contribution < -0.4 is 5.73 Å². The third kappa shape index (κ3) is 3.80. The first-order valence-corrected chi connectivity index (χ1v) is 4.13. The summed E-state index contributed by atoms with van der Waals surface area (Å²) in [6, 6.07) is 0. The number of aliphatic hydroxyl groups is 2. The fourth-order valence-electron chi connectivity index (χ4n) is 0.866. The third-order valence-corrected chi connectivity index (χ3v) is 1.75. The Morgan fingerprint density at radius 3 is 2.25 bits per heavy atom. The first-order chi connectivity index (χ1) is 5.49. The number of hydrogen-bond acceptors (Lipinski definition) is 4. The van der Waals surface area contributed by atoms with Crippen LogP contribution in [0.2, 0.25) is 0 Å². The summed E-state index contributed by atoms with van der Waals surface area (Å²) < 4.78 is 0. The van der Waals surface area contributed by atoms with Crippen LogP contribution in [-0.4, -0.2) is 34.7 Å². The zero-order valence-electron chi connectivity index (χ0n) is 7.62. The Morgan fingerprint density at radius 1 is 1.42 bits per heavy atom. The summed E-state index contributed by atoms with van der Waals surface area (Å²) in [6.07, 6.45) is -1.41. The smallest absolute Gasteiger partial charge is 0.0941 e. The molecule has 4 heteroatoms. The second-order valence-corrected chi connectivity index (χ2v) is 3.25. The molecule has 12 heavy (non-hydrogen) atoms. The minimum atomic E-state index is -0.858. The highest BCUT2D eigenvalue weighted by Crippen LogP contribution is 2.05. The number of nitrogens with two attached hydrogens (primary N) is 1. The summed E-state index contributed by atoms with van der Waals surface area (Å²) in [5.74, 6) is 0.0185. The first kappa shape index (κ1) is 11.6. The van der Waals surface area contributed by atoms with Gasteiger partial charge in [0.15, 0.2) is 0 Å². The highest BCUT2D eigenvalue weighted by atomic mass is 16.3. The third-order valence-electron chi connectivity index (χ3n) is 1.75. The Hall–Kier alpha value is -0.450. The van der Waals surface area contributed by atoms with Gasteiger partial charge in [0.1, 0.15) is 0 Å². The fraction of sp³-hybridized carbons (Fsp3) is 0.875. The molecule has 1 unspecified atom stereocenters. The fourth-order valence-corrected chi connectivity index (χ4v) is 0.866. The average Bonchev–Trinajstić information content (AvgIpc) is 2.02. The number of rotatable bonds is 5. The van der Waals surface area contributed by atoms with Crippen molar-refractivity contribution in [3.05, 3.63) is 0 Å². The van der Waals surface area contributed by atoms with Crippen molar-refractivity contribution in [2.75, 3.05) is 6.54 Å². The zero-order valence-corrected chi connectivity index (χ0v) is 7.62. The molecular formula is C8H18N2O2. The number of hydrogen-bond donors (Lipinski definition) is 4. The van der Waals surface area contributed by atoms with Crippen LogP contribution >= 0.6 is 0 Å². The van der Waals surface area contributed by atoms with Gasteiger partial charge in [-0.3, -0.25) is 0 Å². The molecule has 0 heterocycles. The lowest BCUT2D eigenvalue weighted by Gasteiger charge is -2.17. The summed E-state index contributed by atoms with van der Waals surface area (Å²) in [5, 5.41) is 25.8. The van der Waals surface area contributed by atoms with Gasteiger partial charge >= 0.3 is 0 Å². The Bertz CT molecular complexity index is 148. The van der Waals surface area contributed by atoms with Gasteiger partial charge in [0, 0.05) is 18.7 Å². The van der Waals surface area contributed by atoms with E-state index in [4.69, 9.17) is 16.2 Å². The van der Waals surface area contributed by atoms with Crippen LogP contribution in [0.25, 0.3) is 0 Å². The van der Waals surface area contributed by atoms with Gasteiger partial charge in [-0.1, -0.05) is 13.8 Å². The van der Waals surface area contributed by atoms with E-state index in [0.29, 0.717) is 0 Å². The highest BCUT2D eigenvalue weighted by molar-refractivity contribution is 5.87. The maximum absolute atomic E-state index is 9.35. The van der Waals surface area contributed by atoms with Crippen molar-refractivity contribution in [1.82, 2.24) is 0 Å². The van der Waals surface area contributed by atoms with Gasteiger partial charge in [0.2, 0.25) is 0 Å². The molecule has 4 nitrogen and oxygen atoms in total. The van der Waals surface area contributed by atoms with Crippen LogP contribution in [0.5, 0.6) is 0 Å². The summed E-state index contributed by atoms with van der Waals surface area (Å²) in [4.78, 5) is 0. The maximum atomic E-state index is 9.35. The van der Waals surface area contributed by atoms with Gasteiger partial charge < -0.3 is 21.4 Å². The molecule has 0 fully saturated rings. The van der Waals surface area contributed by atoms with E-state index in [9.17, 15) is 5.11 Å². The van der Waals surface area contributed by atoms with Gasteiger partial charge in [0.05, 0.1) is 12.2 Å². The predicted molar refractivity (Wildman–Crippen MR) is 48.2 cm³/mol. The second kappa shape index (κ2) is 5.24. The van der Waals surface area contributed by atoms with Gasteiger partial charge in [-0.25, -0.2) is 0 Å². The van der Waals surface area contributed by atoms with Crippen molar-refractivity contribution in [1.29, 1.82) is 5.41 Å². The van der Waals surface area contributed by atoms with Crippen LogP contribution in [0.4, 0.5) is 0 Å². The van der Waals surface area contributed by atoms with E-state index in [1.165, 1.54) is 0 Å². The van der Waals surface area contributed by atoms with Crippen molar-refractivity contribution in [2.45, 2.75) is 32.5 Å². The molecule has 0 aromatic carbocycles. The Labute approximate surface area is 72.9 Å². The van der Waals surface area contributed by atoms with Crippen LogP contribution in [-0.2, 0) is 0 Å². The van der Waals surface area contributed by atoms with Crippen LogP contribution in [0, 0.1) is 11.3 Å². The molecule has 0 saturated heterocycles. The summed E-state index contributed by atoms with van der Waals surface area (Å²) in [6.45, 7) is 3.79. The topological polar surface area (TPSA) is 90.3 Å².